The first-order valence-electron chi connectivity index (χ1n) is 3.96. The molecule has 1 heterocycles. The Bertz CT molecular complexity index is 401. The molecular weight excluding hydrogens is 198 g/mol. The van der Waals surface area contributed by atoms with Crippen LogP contribution < -0.4 is 11.5 Å². The van der Waals surface area contributed by atoms with Crippen molar-refractivity contribution in [3.8, 4) is 0 Å². The van der Waals surface area contributed by atoms with Crippen LogP contribution in [0.15, 0.2) is 24.3 Å². The second kappa shape index (κ2) is 4.57. The Kier molecular flexibility index (Phi) is 3.41. The molecule has 4 nitrogen and oxygen atoms in total. The van der Waals surface area contributed by atoms with Gasteiger partial charge in [0.15, 0.2) is 0 Å². The fraction of sp³-hybridized carbons (Fsp3) is 0.111. The number of amides is 2. The van der Waals surface area contributed by atoms with Crippen molar-refractivity contribution in [1.29, 1.82) is 0 Å². The van der Waals surface area contributed by atoms with E-state index in [4.69, 9.17) is 4.79 Å². The third kappa shape index (κ3) is 3.02. The Morgan fingerprint density at radius 2 is 1.93 bits per heavy atom. The monoisotopic (exact) mass is 209 g/mol. The summed E-state index contributed by atoms with van der Waals surface area (Å²) < 4.78 is 1.28. The summed E-state index contributed by atoms with van der Waals surface area (Å²) in [6, 6.07) is 7.36. The Hall–Kier alpha value is -1.62. The largest absolute Gasteiger partial charge is 0.352 e. The standard InChI is InChI=1S/C8H7NS.CH4N2O/c1-6-9-7-4-2-3-5-8(7)10-6;2-1(3)4/h2-5H,1H3;(H4,2,3,4). The molecule has 0 radical (unpaired) electrons. The number of thiazole rings is 1. The van der Waals surface area contributed by atoms with Crippen LogP contribution in [0.25, 0.3) is 10.2 Å². The summed E-state index contributed by atoms with van der Waals surface area (Å²) in [4.78, 5) is 13.3. The van der Waals surface area contributed by atoms with E-state index in [1.165, 1.54) is 4.70 Å². The van der Waals surface area contributed by atoms with Gasteiger partial charge in [-0.1, -0.05) is 12.1 Å². The van der Waals surface area contributed by atoms with Crippen LogP contribution in [-0.2, 0) is 0 Å². The summed E-state index contributed by atoms with van der Waals surface area (Å²) in [5.74, 6) is 0. The molecule has 0 atom stereocenters. The molecule has 1 aromatic heterocycles. The van der Waals surface area contributed by atoms with E-state index >= 15 is 0 Å². The third-order valence-electron chi connectivity index (χ3n) is 1.40. The molecule has 0 saturated carbocycles. The average Bonchev–Trinajstić information content (AvgIpc) is 2.42. The highest BCUT2D eigenvalue weighted by atomic mass is 32.1. The molecule has 14 heavy (non-hydrogen) atoms. The summed E-state index contributed by atoms with van der Waals surface area (Å²) in [5.41, 5.74) is 9.62. The molecule has 0 unspecified atom stereocenters. The number of para-hydroxylation sites is 1. The summed E-state index contributed by atoms with van der Waals surface area (Å²) in [6.07, 6.45) is 0. The number of fused-ring (bicyclic) bond motifs is 1. The number of carbonyl (C=O) groups is 1. The Balaban J connectivity index is 0.000000213. The fourth-order valence-corrected chi connectivity index (χ4v) is 1.81. The normalized spacial score (nSPS) is 9.21. The molecule has 1 aromatic carbocycles. The summed E-state index contributed by atoms with van der Waals surface area (Å²) in [5, 5.41) is 1.14. The first-order chi connectivity index (χ1) is 6.59. The number of urea groups is 1. The van der Waals surface area contributed by atoms with Crippen molar-refractivity contribution in [2.24, 2.45) is 11.5 Å². The number of hydrogen-bond acceptors (Lipinski definition) is 3. The van der Waals surface area contributed by atoms with Crippen LogP contribution in [0.2, 0.25) is 0 Å². The van der Waals surface area contributed by atoms with E-state index in [1.807, 2.05) is 25.1 Å². The van der Waals surface area contributed by atoms with Crippen molar-refractivity contribution >= 4 is 27.6 Å². The molecule has 74 valence electrons. The van der Waals surface area contributed by atoms with E-state index in [-0.39, 0.29) is 0 Å². The minimum atomic E-state index is -0.833. The first-order valence-corrected chi connectivity index (χ1v) is 4.78. The third-order valence-corrected chi connectivity index (χ3v) is 2.35. The van der Waals surface area contributed by atoms with E-state index < -0.39 is 6.03 Å². The maximum Gasteiger partial charge on any atom is 0.309 e. The molecule has 0 saturated heterocycles. The zero-order valence-electron chi connectivity index (χ0n) is 7.73. The second-order valence-corrected chi connectivity index (χ2v) is 3.84. The molecule has 5 heteroatoms. The second-order valence-electron chi connectivity index (χ2n) is 2.60. The Morgan fingerprint density at radius 3 is 2.50 bits per heavy atom. The van der Waals surface area contributed by atoms with Crippen LogP contribution in [-0.4, -0.2) is 11.0 Å². The number of benzene rings is 1. The minimum Gasteiger partial charge on any atom is -0.352 e. The van der Waals surface area contributed by atoms with Gasteiger partial charge in [-0.2, -0.15) is 0 Å². The molecule has 0 aliphatic rings. The number of aromatic nitrogens is 1. The van der Waals surface area contributed by atoms with Crippen LogP contribution >= 0.6 is 11.3 Å². The van der Waals surface area contributed by atoms with Gasteiger partial charge in [0.2, 0.25) is 0 Å². The zero-order valence-corrected chi connectivity index (χ0v) is 8.54. The molecule has 0 spiro atoms. The average molecular weight is 209 g/mol. The number of rotatable bonds is 0. The van der Waals surface area contributed by atoms with Crippen molar-refractivity contribution in [1.82, 2.24) is 4.98 Å². The molecular formula is C9H11N3OS. The van der Waals surface area contributed by atoms with Gasteiger partial charge in [-0.15, -0.1) is 11.3 Å². The lowest BCUT2D eigenvalue weighted by Gasteiger charge is -1.80. The molecule has 0 aliphatic carbocycles. The van der Waals surface area contributed by atoms with Crippen molar-refractivity contribution in [2.45, 2.75) is 6.92 Å². The molecule has 4 N–H and O–H groups in total. The number of nitrogens with zero attached hydrogens (tertiary/aromatic N) is 1. The minimum absolute atomic E-state index is 0.833. The van der Waals surface area contributed by atoms with Gasteiger partial charge in [-0.05, 0) is 19.1 Å². The lowest BCUT2D eigenvalue weighted by Crippen LogP contribution is -2.18. The van der Waals surface area contributed by atoms with Crippen LogP contribution in [0.3, 0.4) is 0 Å². The molecule has 0 bridgehead atoms. The fourth-order valence-electron chi connectivity index (χ4n) is 0.987. The molecule has 0 aliphatic heterocycles. The number of primary amides is 2. The maximum absolute atomic E-state index is 9.00. The number of nitrogens with two attached hydrogens (primary N) is 2. The van der Waals surface area contributed by atoms with Crippen molar-refractivity contribution in [3.05, 3.63) is 29.3 Å². The number of aryl methyl sites for hydroxylation is 1. The Morgan fingerprint density at radius 1 is 1.36 bits per heavy atom. The zero-order chi connectivity index (χ0) is 10.6. The van der Waals surface area contributed by atoms with Crippen LogP contribution in [0.1, 0.15) is 5.01 Å². The van der Waals surface area contributed by atoms with Gasteiger partial charge in [0.1, 0.15) is 0 Å². The highest BCUT2D eigenvalue weighted by molar-refractivity contribution is 7.18. The molecule has 2 rings (SSSR count). The lowest BCUT2D eigenvalue weighted by molar-refractivity contribution is 0.256. The van der Waals surface area contributed by atoms with E-state index in [2.05, 4.69) is 22.5 Å². The van der Waals surface area contributed by atoms with Crippen molar-refractivity contribution in [3.63, 3.8) is 0 Å². The van der Waals surface area contributed by atoms with Crippen LogP contribution in [0.5, 0.6) is 0 Å². The van der Waals surface area contributed by atoms with E-state index in [1.54, 1.807) is 11.3 Å². The van der Waals surface area contributed by atoms with Crippen molar-refractivity contribution < 1.29 is 4.79 Å². The summed E-state index contributed by atoms with van der Waals surface area (Å²) in [6.45, 7) is 2.03. The van der Waals surface area contributed by atoms with Crippen molar-refractivity contribution in [2.75, 3.05) is 0 Å². The summed E-state index contributed by atoms with van der Waals surface area (Å²) in [7, 11) is 0. The highest BCUT2D eigenvalue weighted by Crippen LogP contribution is 2.19. The quantitative estimate of drug-likeness (QED) is 0.691. The first kappa shape index (κ1) is 10.5. The van der Waals surface area contributed by atoms with Crippen LogP contribution in [0, 0.1) is 6.92 Å². The SMILES string of the molecule is Cc1nc2ccccc2s1.NC(N)=O. The van der Waals surface area contributed by atoms with E-state index in [0.717, 1.165) is 10.5 Å². The van der Waals surface area contributed by atoms with Gasteiger partial charge in [-0.3, -0.25) is 0 Å². The molecule has 2 amide bonds. The van der Waals surface area contributed by atoms with E-state index in [9.17, 15) is 0 Å². The Labute approximate surface area is 85.6 Å². The van der Waals surface area contributed by atoms with Gasteiger partial charge < -0.3 is 11.5 Å². The van der Waals surface area contributed by atoms with Gasteiger partial charge in [0.25, 0.3) is 0 Å². The smallest absolute Gasteiger partial charge is 0.309 e. The number of hydrogen-bond donors (Lipinski definition) is 2. The topological polar surface area (TPSA) is 82.0 Å². The van der Waals surface area contributed by atoms with Gasteiger partial charge in [0, 0.05) is 0 Å². The lowest BCUT2D eigenvalue weighted by atomic mass is 10.3. The number of carbonyl (C=O) groups excluding carboxylic acids is 1. The van der Waals surface area contributed by atoms with Crippen LogP contribution in [0.4, 0.5) is 4.79 Å². The predicted molar refractivity (Wildman–Crippen MR) is 58.1 cm³/mol. The van der Waals surface area contributed by atoms with Gasteiger partial charge in [0.05, 0.1) is 15.2 Å². The highest BCUT2D eigenvalue weighted by Gasteiger charge is 1.95. The maximum atomic E-state index is 9.00. The van der Waals surface area contributed by atoms with E-state index in [0.29, 0.717) is 0 Å². The predicted octanol–water partition coefficient (Wildman–Crippen LogP) is 1.63. The molecule has 2 aromatic rings. The van der Waals surface area contributed by atoms with Gasteiger partial charge in [-0.25, -0.2) is 9.78 Å². The van der Waals surface area contributed by atoms with Gasteiger partial charge >= 0.3 is 6.03 Å². The molecule has 0 fully saturated rings. The summed E-state index contributed by atoms with van der Waals surface area (Å²) >= 11 is 1.74.